The monoisotopic (exact) mass is 594 g/mol. The first-order valence-corrected chi connectivity index (χ1v) is 14.8. The molecule has 1 aliphatic heterocycles. The molecule has 1 saturated heterocycles. The van der Waals surface area contributed by atoms with Crippen molar-refractivity contribution in [2.24, 2.45) is 5.92 Å². The van der Waals surface area contributed by atoms with E-state index < -0.39 is 11.7 Å². The van der Waals surface area contributed by atoms with Gasteiger partial charge in [0.25, 0.3) is 5.91 Å². The van der Waals surface area contributed by atoms with E-state index in [0.717, 1.165) is 51.8 Å². The van der Waals surface area contributed by atoms with Crippen LogP contribution in [-0.4, -0.2) is 54.8 Å². The van der Waals surface area contributed by atoms with Crippen molar-refractivity contribution in [1.82, 2.24) is 29.9 Å². The van der Waals surface area contributed by atoms with Crippen LogP contribution < -0.4 is 16.0 Å². The Hall–Kier alpha value is -4.74. The fourth-order valence-electron chi connectivity index (χ4n) is 5.65. The number of benzene rings is 2. The maximum atomic E-state index is 13.2. The second-order valence-electron chi connectivity index (χ2n) is 11.4. The van der Waals surface area contributed by atoms with Gasteiger partial charge in [-0.3, -0.25) is 9.78 Å². The maximum Gasteiger partial charge on any atom is 0.283 e. The molecule has 11 heteroatoms. The largest absolute Gasteiger partial charge is 0.391 e. The quantitative estimate of drug-likeness (QED) is 0.166. The molecule has 6 rings (SSSR count). The summed E-state index contributed by atoms with van der Waals surface area (Å²) in [4.78, 5) is 26.2. The van der Waals surface area contributed by atoms with Crippen LogP contribution in [0.4, 0.5) is 16.0 Å². The number of hydrogen-bond donors (Lipinski definition) is 4. The molecule has 0 radical (unpaired) electrons. The molecule has 44 heavy (non-hydrogen) atoms. The molecule has 226 valence electrons. The molecule has 2 atom stereocenters. The molecule has 0 spiro atoms. The zero-order chi connectivity index (χ0) is 30.8. The van der Waals surface area contributed by atoms with Crippen molar-refractivity contribution < 1.29 is 14.3 Å². The van der Waals surface area contributed by atoms with Crippen molar-refractivity contribution in [2.75, 3.05) is 23.7 Å². The molecular formula is C33H35FN8O2. The summed E-state index contributed by atoms with van der Waals surface area (Å²) >= 11 is 0. The fourth-order valence-corrected chi connectivity index (χ4v) is 5.65. The highest BCUT2D eigenvalue weighted by molar-refractivity contribution is 6.04. The number of aliphatic hydroxyl groups excluding tert-OH is 1. The van der Waals surface area contributed by atoms with E-state index >= 15 is 0 Å². The van der Waals surface area contributed by atoms with E-state index in [4.69, 9.17) is 15.0 Å². The molecule has 4 N–H and O–H groups in total. The number of aromatic nitrogens is 5. The number of nitrogens with zero attached hydrogens (tertiary/aromatic N) is 5. The molecular weight excluding hydrogens is 559 g/mol. The van der Waals surface area contributed by atoms with E-state index in [2.05, 4.69) is 41.5 Å². The molecule has 1 aliphatic rings. The van der Waals surface area contributed by atoms with Crippen molar-refractivity contribution in [1.29, 1.82) is 0 Å². The fraction of sp³-hybridized carbons (Fsp3) is 0.303. The first-order valence-electron chi connectivity index (χ1n) is 14.8. The number of anilines is 2. The summed E-state index contributed by atoms with van der Waals surface area (Å²) in [6.45, 7) is 9.16. The van der Waals surface area contributed by atoms with Crippen LogP contribution >= 0.6 is 0 Å². The predicted octanol–water partition coefficient (Wildman–Crippen LogP) is 5.01. The van der Waals surface area contributed by atoms with Crippen molar-refractivity contribution in [3.8, 4) is 11.3 Å². The number of amides is 1. The second-order valence-corrected chi connectivity index (χ2v) is 11.4. The molecule has 10 nitrogen and oxygen atoms in total. The SMILES string of the molecule is C=C(F)C(=O)Nc1ccc2c(-c3ccccc3CNc3nc(CC[C@H]4CNC[C@@H]4O)nc4c(C(C)C)cnn34)nccc2c1. The number of carbonyl (C=O) groups excluding carboxylic acids is 1. The van der Waals surface area contributed by atoms with Gasteiger partial charge in [0.1, 0.15) is 5.82 Å². The number of aryl methyl sites for hydroxylation is 1. The molecule has 5 aromatic rings. The minimum atomic E-state index is -1.05. The zero-order valence-electron chi connectivity index (χ0n) is 24.7. The van der Waals surface area contributed by atoms with E-state index in [9.17, 15) is 14.3 Å². The van der Waals surface area contributed by atoms with Crippen LogP contribution in [0.3, 0.4) is 0 Å². The number of hydrogen-bond acceptors (Lipinski definition) is 8. The van der Waals surface area contributed by atoms with Gasteiger partial charge in [-0.05, 0) is 47.4 Å². The van der Waals surface area contributed by atoms with Gasteiger partial charge in [0, 0.05) is 54.5 Å². The Morgan fingerprint density at radius 1 is 1.18 bits per heavy atom. The summed E-state index contributed by atoms with van der Waals surface area (Å²) in [6, 6.07) is 15.2. The summed E-state index contributed by atoms with van der Waals surface area (Å²) in [5.74, 6) is -0.191. The van der Waals surface area contributed by atoms with Crippen molar-refractivity contribution in [3.05, 3.63) is 90.3 Å². The lowest BCUT2D eigenvalue weighted by molar-refractivity contribution is -0.114. The average Bonchev–Trinajstić information content (AvgIpc) is 3.64. The van der Waals surface area contributed by atoms with E-state index in [-0.39, 0.29) is 17.9 Å². The third-order valence-electron chi connectivity index (χ3n) is 8.08. The summed E-state index contributed by atoms with van der Waals surface area (Å²) in [5.41, 5.74) is 5.02. The average molecular weight is 595 g/mol. The number of rotatable bonds is 10. The molecule has 0 bridgehead atoms. The first kappa shape index (κ1) is 29.3. The number of halogens is 1. The molecule has 1 amide bonds. The summed E-state index contributed by atoms with van der Waals surface area (Å²) in [6.07, 6.45) is 4.66. The number of pyridine rings is 1. The predicted molar refractivity (Wildman–Crippen MR) is 169 cm³/mol. The van der Waals surface area contributed by atoms with Gasteiger partial charge in [-0.1, -0.05) is 50.8 Å². The standard InChI is InChI=1S/C33H35FN8O2/c1-19(2)27-17-38-42-31(27)40-29(11-8-23-15-35-18-28(23)43)41-33(42)37-16-22-6-4-5-7-25(22)30-26-10-9-24(39-32(44)20(3)34)14-21(26)12-13-36-30/h4-7,9-10,12-14,17,19,23,28,35,43H,3,8,11,15-16,18H2,1-2H3,(H,39,44)(H,37,40,41)/t23-,28-/m0/s1. The zero-order valence-corrected chi connectivity index (χ0v) is 24.7. The molecule has 0 saturated carbocycles. The summed E-state index contributed by atoms with van der Waals surface area (Å²) in [7, 11) is 0. The van der Waals surface area contributed by atoms with Crippen LogP contribution in [0.1, 0.15) is 43.1 Å². The van der Waals surface area contributed by atoms with Crippen molar-refractivity contribution in [2.45, 2.75) is 45.3 Å². The first-order chi connectivity index (χ1) is 21.3. The minimum absolute atomic E-state index is 0.177. The Balaban J connectivity index is 1.30. The van der Waals surface area contributed by atoms with Crippen LogP contribution in [0.25, 0.3) is 27.7 Å². The third-order valence-corrected chi connectivity index (χ3v) is 8.08. The molecule has 2 aromatic carbocycles. The summed E-state index contributed by atoms with van der Waals surface area (Å²) < 4.78 is 15.0. The van der Waals surface area contributed by atoms with Gasteiger partial charge >= 0.3 is 0 Å². The third kappa shape index (κ3) is 6.01. The van der Waals surface area contributed by atoms with Gasteiger partial charge in [-0.2, -0.15) is 14.6 Å². The molecule has 0 aliphatic carbocycles. The number of fused-ring (bicyclic) bond motifs is 2. The molecule has 4 heterocycles. The van der Waals surface area contributed by atoms with Gasteiger partial charge in [0.2, 0.25) is 5.95 Å². The second kappa shape index (κ2) is 12.5. The Bertz CT molecular complexity index is 1850. The topological polar surface area (TPSA) is 129 Å². The van der Waals surface area contributed by atoms with Gasteiger partial charge in [0.05, 0.1) is 18.0 Å². The molecule has 3 aromatic heterocycles. The lowest BCUT2D eigenvalue weighted by atomic mass is 9.99. The molecule has 0 unspecified atom stereocenters. The summed E-state index contributed by atoms with van der Waals surface area (Å²) in [5, 5.41) is 25.9. The van der Waals surface area contributed by atoms with Crippen LogP contribution in [0, 0.1) is 5.92 Å². The van der Waals surface area contributed by atoms with Crippen molar-refractivity contribution in [3.63, 3.8) is 0 Å². The highest BCUT2D eigenvalue weighted by Crippen LogP contribution is 2.31. The van der Waals surface area contributed by atoms with E-state index in [1.54, 1.807) is 22.8 Å². The van der Waals surface area contributed by atoms with Crippen LogP contribution in [0.2, 0.25) is 0 Å². The van der Waals surface area contributed by atoms with Crippen molar-refractivity contribution >= 4 is 34.0 Å². The van der Waals surface area contributed by atoms with Gasteiger partial charge < -0.3 is 21.1 Å². The normalized spacial score (nSPS) is 16.6. The highest BCUT2D eigenvalue weighted by Gasteiger charge is 2.25. The Kier molecular flexibility index (Phi) is 8.32. The number of nitrogens with one attached hydrogen (secondary N) is 3. The lowest BCUT2D eigenvalue weighted by Crippen LogP contribution is -2.19. The van der Waals surface area contributed by atoms with Gasteiger partial charge in [-0.15, -0.1) is 0 Å². The van der Waals surface area contributed by atoms with Crippen LogP contribution in [0.5, 0.6) is 0 Å². The number of β-amino-alcohol motifs (C(OH)–C–C–N with tert-alkyl or cyclic N) is 1. The number of carbonyl (C=O) groups is 1. The Morgan fingerprint density at radius 3 is 2.80 bits per heavy atom. The van der Waals surface area contributed by atoms with Gasteiger partial charge in [-0.25, -0.2) is 9.37 Å². The highest BCUT2D eigenvalue weighted by atomic mass is 19.1. The number of aliphatic hydroxyl groups is 1. The lowest BCUT2D eigenvalue weighted by Gasteiger charge is -2.15. The Labute approximate surface area is 254 Å². The van der Waals surface area contributed by atoms with Crippen LogP contribution in [0.15, 0.2) is 73.3 Å². The minimum Gasteiger partial charge on any atom is -0.391 e. The van der Waals surface area contributed by atoms with E-state index in [1.165, 1.54) is 0 Å². The Morgan fingerprint density at radius 2 is 2.02 bits per heavy atom. The van der Waals surface area contributed by atoms with Crippen LogP contribution in [-0.2, 0) is 17.8 Å². The smallest absolute Gasteiger partial charge is 0.283 e. The maximum absolute atomic E-state index is 13.2. The van der Waals surface area contributed by atoms with E-state index in [0.29, 0.717) is 37.0 Å². The van der Waals surface area contributed by atoms with E-state index in [1.807, 2.05) is 42.6 Å². The molecule has 1 fully saturated rings. The van der Waals surface area contributed by atoms with Gasteiger partial charge in [0.15, 0.2) is 11.5 Å².